The van der Waals surface area contributed by atoms with Crippen molar-refractivity contribution in [1.82, 2.24) is 15.1 Å². The number of hydrogen-bond acceptors (Lipinski definition) is 6. The van der Waals surface area contributed by atoms with Crippen LogP contribution in [0.5, 0.6) is 5.75 Å². The van der Waals surface area contributed by atoms with Crippen molar-refractivity contribution in [3.8, 4) is 17.4 Å². The van der Waals surface area contributed by atoms with Crippen LogP contribution in [0.4, 0.5) is 4.39 Å². The van der Waals surface area contributed by atoms with Crippen LogP contribution in [0.3, 0.4) is 0 Å². The van der Waals surface area contributed by atoms with Crippen molar-refractivity contribution in [2.75, 3.05) is 6.61 Å². The number of rotatable bonds is 8. The normalized spacial score (nSPS) is 11.6. The zero-order valence-electron chi connectivity index (χ0n) is 18.6. The van der Waals surface area contributed by atoms with E-state index in [0.29, 0.717) is 24.4 Å². The predicted octanol–water partition coefficient (Wildman–Crippen LogP) is 3.92. The van der Waals surface area contributed by atoms with E-state index in [-0.39, 0.29) is 24.0 Å². The molecule has 2 heterocycles. The number of carbonyl (C=O) groups excluding carboxylic acids is 1. The van der Waals surface area contributed by atoms with Crippen molar-refractivity contribution >= 4 is 16.9 Å². The minimum atomic E-state index is -0.776. The van der Waals surface area contributed by atoms with Crippen LogP contribution < -0.4 is 15.8 Å². The Kier molecular flexibility index (Phi) is 6.04. The third kappa shape index (κ3) is 5.14. The van der Waals surface area contributed by atoms with Crippen LogP contribution in [0, 0.1) is 5.82 Å². The topological polar surface area (TPSA) is 99.5 Å². The van der Waals surface area contributed by atoms with Gasteiger partial charge in [-0.3, -0.25) is 4.79 Å². The van der Waals surface area contributed by atoms with Gasteiger partial charge in [0.05, 0.1) is 6.61 Å². The zero-order chi connectivity index (χ0) is 23.6. The van der Waals surface area contributed by atoms with E-state index >= 15 is 0 Å². The maximum Gasteiger partial charge on any atom is 0.437 e. The van der Waals surface area contributed by atoms with Crippen LogP contribution >= 0.6 is 0 Å². The maximum atomic E-state index is 13.1. The van der Waals surface area contributed by atoms with E-state index in [1.165, 1.54) is 12.1 Å². The summed E-state index contributed by atoms with van der Waals surface area (Å²) < 4.78 is 30.6. The van der Waals surface area contributed by atoms with E-state index in [1.807, 2.05) is 32.9 Å². The Labute approximate surface area is 189 Å². The Morgan fingerprint density at radius 2 is 1.94 bits per heavy atom. The van der Waals surface area contributed by atoms with Crippen LogP contribution in [0.25, 0.3) is 22.6 Å². The standard InChI is InChI=1S/C24H24FN3O5/c1-4-31-18-7-5-6-16-12-19(32-21(16)18)22-27-28(23(30)33-22)14-20(29)26-24(2,3)13-15-8-10-17(25)11-9-15/h5-12H,4,13-14H2,1-3H3,(H,26,29). The quantitative estimate of drug-likeness (QED) is 0.434. The fourth-order valence-electron chi connectivity index (χ4n) is 3.63. The second-order valence-electron chi connectivity index (χ2n) is 8.28. The van der Waals surface area contributed by atoms with Crippen molar-refractivity contribution < 1.29 is 22.8 Å². The Hall–Kier alpha value is -3.88. The summed E-state index contributed by atoms with van der Waals surface area (Å²) in [7, 11) is 0. The van der Waals surface area contributed by atoms with Gasteiger partial charge in [0.15, 0.2) is 17.1 Å². The number of nitrogens with zero attached hydrogens (tertiary/aromatic N) is 2. The number of hydrogen-bond donors (Lipinski definition) is 1. The molecule has 0 aliphatic rings. The van der Waals surface area contributed by atoms with Crippen LogP contribution in [-0.2, 0) is 17.8 Å². The predicted molar refractivity (Wildman–Crippen MR) is 119 cm³/mol. The number of nitrogens with one attached hydrogen (secondary N) is 1. The first-order valence-electron chi connectivity index (χ1n) is 10.5. The first kappa shape index (κ1) is 22.3. The van der Waals surface area contributed by atoms with Gasteiger partial charge in [0, 0.05) is 10.9 Å². The summed E-state index contributed by atoms with van der Waals surface area (Å²) in [5, 5.41) is 7.76. The molecule has 1 N–H and O–H groups in total. The smallest absolute Gasteiger partial charge is 0.437 e. The molecule has 0 radical (unpaired) electrons. The zero-order valence-corrected chi connectivity index (χ0v) is 18.6. The Morgan fingerprint density at radius 1 is 1.18 bits per heavy atom. The van der Waals surface area contributed by atoms with E-state index in [0.717, 1.165) is 15.6 Å². The number of para-hydroxylation sites is 1. The largest absolute Gasteiger partial charge is 0.490 e. The van der Waals surface area contributed by atoms with Gasteiger partial charge < -0.3 is 18.9 Å². The lowest BCUT2D eigenvalue weighted by molar-refractivity contribution is -0.123. The third-order valence-corrected chi connectivity index (χ3v) is 4.96. The third-order valence-electron chi connectivity index (χ3n) is 4.96. The van der Waals surface area contributed by atoms with Gasteiger partial charge in [-0.2, -0.15) is 4.68 Å². The minimum absolute atomic E-state index is 0.0305. The molecule has 172 valence electrons. The van der Waals surface area contributed by atoms with E-state index < -0.39 is 17.2 Å². The molecule has 33 heavy (non-hydrogen) atoms. The van der Waals surface area contributed by atoms with Crippen LogP contribution in [0.1, 0.15) is 26.3 Å². The van der Waals surface area contributed by atoms with Gasteiger partial charge in [-0.15, -0.1) is 5.10 Å². The van der Waals surface area contributed by atoms with Crippen LogP contribution in [-0.4, -0.2) is 27.8 Å². The summed E-state index contributed by atoms with van der Waals surface area (Å²) >= 11 is 0. The fraction of sp³-hybridized carbons (Fsp3) is 0.292. The molecule has 0 saturated carbocycles. The van der Waals surface area contributed by atoms with E-state index in [9.17, 15) is 14.0 Å². The average Bonchev–Trinajstić information content (AvgIpc) is 3.34. The van der Waals surface area contributed by atoms with Gasteiger partial charge in [-0.1, -0.05) is 24.3 Å². The van der Waals surface area contributed by atoms with Crippen molar-refractivity contribution in [2.45, 2.75) is 39.3 Å². The van der Waals surface area contributed by atoms with E-state index in [2.05, 4.69) is 10.4 Å². The number of halogens is 1. The number of furan rings is 1. The highest BCUT2D eigenvalue weighted by atomic mass is 19.1. The molecule has 0 spiro atoms. The summed E-state index contributed by atoms with van der Waals surface area (Å²) in [6.07, 6.45) is 0.485. The maximum absolute atomic E-state index is 13.1. The summed E-state index contributed by atoms with van der Waals surface area (Å²) in [6, 6.07) is 13.2. The molecule has 4 aromatic rings. The number of amides is 1. The molecule has 0 unspecified atom stereocenters. The summed E-state index contributed by atoms with van der Waals surface area (Å²) in [5.41, 5.74) is 0.769. The minimum Gasteiger partial charge on any atom is -0.490 e. The molecular weight excluding hydrogens is 429 g/mol. The Bertz CT molecular complexity index is 1330. The fourth-order valence-corrected chi connectivity index (χ4v) is 3.63. The van der Waals surface area contributed by atoms with Crippen LogP contribution in [0.2, 0.25) is 0 Å². The molecule has 1 amide bonds. The highest BCUT2D eigenvalue weighted by Gasteiger charge is 2.23. The summed E-state index contributed by atoms with van der Waals surface area (Å²) in [6.45, 7) is 5.71. The van der Waals surface area contributed by atoms with Crippen molar-refractivity contribution in [1.29, 1.82) is 0 Å². The lowest BCUT2D eigenvalue weighted by Gasteiger charge is -2.26. The molecule has 0 aliphatic carbocycles. The van der Waals surface area contributed by atoms with Gasteiger partial charge in [0.2, 0.25) is 5.91 Å². The highest BCUT2D eigenvalue weighted by Crippen LogP contribution is 2.32. The lowest BCUT2D eigenvalue weighted by atomic mass is 9.95. The molecule has 0 saturated heterocycles. The molecule has 2 aromatic carbocycles. The number of aromatic nitrogens is 2. The second kappa shape index (κ2) is 8.93. The van der Waals surface area contributed by atoms with E-state index in [4.69, 9.17) is 13.6 Å². The monoisotopic (exact) mass is 453 g/mol. The Balaban J connectivity index is 1.48. The average molecular weight is 453 g/mol. The van der Waals surface area contributed by atoms with Gasteiger partial charge in [-0.05, 0) is 57.0 Å². The summed E-state index contributed by atoms with van der Waals surface area (Å²) in [4.78, 5) is 24.8. The molecule has 4 rings (SSSR count). The van der Waals surface area contributed by atoms with Gasteiger partial charge in [-0.25, -0.2) is 9.18 Å². The van der Waals surface area contributed by atoms with E-state index in [1.54, 1.807) is 24.3 Å². The first-order valence-corrected chi connectivity index (χ1v) is 10.5. The number of benzene rings is 2. The lowest BCUT2D eigenvalue weighted by Crippen LogP contribution is -2.47. The van der Waals surface area contributed by atoms with Crippen LogP contribution in [0.15, 0.2) is 62.2 Å². The Morgan fingerprint density at radius 3 is 2.67 bits per heavy atom. The highest BCUT2D eigenvalue weighted by molar-refractivity contribution is 5.86. The van der Waals surface area contributed by atoms with Gasteiger partial charge in [0.1, 0.15) is 12.4 Å². The molecule has 8 nitrogen and oxygen atoms in total. The molecule has 0 bridgehead atoms. The van der Waals surface area contributed by atoms with Gasteiger partial charge >= 0.3 is 5.76 Å². The molecule has 0 atom stereocenters. The number of fused-ring (bicyclic) bond motifs is 1. The molecular formula is C24H24FN3O5. The van der Waals surface area contributed by atoms with Crippen molar-refractivity contribution in [3.63, 3.8) is 0 Å². The second-order valence-corrected chi connectivity index (χ2v) is 8.28. The first-order chi connectivity index (χ1) is 15.7. The van der Waals surface area contributed by atoms with Crippen molar-refractivity contribution in [3.05, 3.63) is 70.5 Å². The summed E-state index contributed by atoms with van der Waals surface area (Å²) in [5.74, 6) is -0.706. The van der Waals surface area contributed by atoms with Crippen molar-refractivity contribution in [2.24, 2.45) is 0 Å². The molecule has 0 aliphatic heterocycles. The number of ether oxygens (including phenoxy) is 1. The molecule has 0 fully saturated rings. The SMILES string of the molecule is CCOc1cccc2cc(-c3nn(CC(=O)NC(C)(C)Cc4ccc(F)cc4)c(=O)o3)oc12. The molecule has 2 aromatic heterocycles. The van der Waals surface area contributed by atoms with Gasteiger partial charge in [0.25, 0.3) is 5.89 Å². The number of carbonyl (C=O) groups is 1. The molecule has 9 heteroatoms.